The van der Waals surface area contributed by atoms with Crippen LogP contribution in [-0.4, -0.2) is 69.0 Å². The molecule has 2 unspecified atom stereocenters. The van der Waals surface area contributed by atoms with Crippen molar-refractivity contribution in [3.8, 4) is 0 Å². The van der Waals surface area contributed by atoms with E-state index in [1.54, 1.807) is 0 Å². The van der Waals surface area contributed by atoms with E-state index in [1.165, 1.54) is 17.5 Å². The fourth-order valence-electron chi connectivity index (χ4n) is 3.95. The maximum atomic E-state index is 5.73. The van der Waals surface area contributed by atoms with Crippen molar-refractivity contribution in [3.05, 3.63) is 35.4 Å². The monoisotopic (exact) mass is 402 g/mol. The van der Waals surface area contributed by atoms with Crippen molar-refractivity contribution in [2.45, 2.75) is 58.2 Å². The lowest BCUT2D eigenvalue weighted by molar-refractivity contribution is 0.0168. The molecular weight excluding hydrogens is 364 g/mol. The molecule has 6 heteroatoms. The van der Waals surface area contributed by atoms with E-state index in [4.69, 9.17) is 14.5 Å². The van der Waals surface area contributed by atoms with Crippen molar-refractivity contribution in [1.29, 1.82) is 0 Å². The quantitative estimate of drug-likeness (QED) is 0.358. The Morgan fingerprint density at radius 1 is 1.31 bits per heavy atom. The largest absolute Gasteiger partial charge is 0.379 e. The lowest BCUT2D eigenvalue weighted by Gasteiger charge is -2.33. The minimum absolute atomic E-state index is 0.310. The van der Waals surface area contributed by atoms with Crippen molar-refractivity contribution in [3.63, 3.8) is 0 Å². The number of hydrogen-bond acceptors (Lipinski definition) is 4. The molecule has 3 rings (SSSR count). The summed E-state index contributed by atoms with van der Waals surface area (Å²) in [4.78, 5) is 7.35. The number of nitrogens with one attached hydrogen (secondary N) is 2. The Balaban J connectivity index is 1.35. The number of rotatable bonds is 10. The lowest BCUT2D eigenvalue weighted by Crippen LogP contribution is -2.42. The third-order valence-corrected chi connectivity index (χ3v) is 5.73. The molecule has 0 saturated carbocycles. The topological polar surface area (TPSA) is 58.1 Å². The average molecular weight is 403 g/mol. The molecule has 0 aromatic heterocycles. The number of benzene rings is 1. The van der Waals surface area contributed by atoms with Crippen molar-refractivity contribution < 1.29 is 9.47 Å². The first-order chi connectivity index (χ1) is 14.3. The molecule has 0 spiro atoms. The molecule has 2 heterocycles. The van der Waals surface area contributed by atoms with E-state index in [1.807, 2.05) is 0 Å². The van der Waals surface area contributed by atoms with Crippen LogP contribution in [0.3, 0.4) is 0 Å². The van der Waals surface area contributed by atoms with Crippen LogP contribution in [0.15, 0.2) is 29.3 Å². The summed E-state index contributed by atoms with van der Waals surface area (Å²) in [5.41, 5.74) is 2.96. The van der Waals surface area contributed by atoms with E-state index in [-0.39, 0.29) is 0 Å². The van der Waals surface area contributed by atoms with E-state index in [2.05, 4.69) is 53.6 Å². The van der Waals surface area contributed by atoms with Crippen molar-refractivity contribution in [1.82, 2.24) is 15.5 Å². The first-order valence-corrected chi connectivity index (χ1v) is 11.3. The van der Waals surface area contributed by atoms with Gasteiger partial charge in [-0.1, -0.05) is 24.3 Å². The van der Waals surface area contributed by atoms with E-state index >= 15 is 0 Å². The Kier molecular flexibility index (Phi) is 9.25. The molecule has 1 aromatic carbocycles. The standard InChI is InChI=1S/C23H38N4O2/c1-3-24-23(25-12-7-14-28-18-22-10-6-15-29-22)26-16-19(2)27-13-11-20-8-4-5-9-21(20)17-27/h4-5,8-9,19,22H,3,6-7,10-18H2,1-2H3,(H2,24,25,26). The van der Waals surface area contributed by atoms with Crippen LogP contribution < -0.4 is 10.6 Å². The Labute approximate surface area is 176 Å². The Bertz CT molecular complexity index is 631. The first kappa shape index (κ1) is 22.1. The average Bonchev–Trinajstić information content (AvgIpc) is 3.27. The van der Waals surface area contributed by atoms with Gasteiger partial charge in [0.05, 0.1) is 19.3 Å². The van der Waals surface area contributed by atoms with Gasteiger partial charge in [0.2, 0.25) is 0 Å². The van der Waals surface area contributed by atoms with Crippen LogP contribution in [0, 0.1) is 0 Å². The molecule has 2 N–H and O–H groups in total. The van der Waals surface area contributed by atoms with Crippen LogP contribution >= 0.6 is 0 Å². The maximum absolute atomic E-state index is 5.73. The third kappa shape index (κ3) is 7.28. The van der Waals surface area contributed by atoms with Crippen molar-refractivity contribution >= 4 is 5.96 Å². The molecule has 2 atom stereocenters. The van der Waals surface area contributed by atoms with Gasteiger partial charge < -0.3 is 20.1 Å². The van der Waals surface area contributed by atoms with Crippen LogP contribution in [0.1, 0.15) is 44.2 Å². The molecule has 2 aliphatic rings. The molecule has 1 saturated heterocycles. The van der Waals surface area contributed by atoms with Gasteiger partial charge in [-0.2, -0.15) is 0 Å². The molecule has 0 radical (unpaired) electrons. The zero-order valence-electron chi connectivity index (χ0n) is 18.2. The second-order valence-corrected chi connectivity index (χ2v) is 8.05. The van der Waals surface area contributed by atoms with E-state index < -0.39 is 0 Å². The Morgan fingerprint density at radius 3 is 2.97 bits per heavy atom. The normalized spacial score (nSPS) is 21.0. The van der Waals surface area contributed by atoms with E-state index in [9.17, 15) is 0 Å². The number of aliphatic imine (C=N–C) groups is 1. The zero-order valence-corrected chi connectivity index (χ0v) is 18.2. The maximum Gasteiger partial charge on any atom is 0.191 e. The number of guanidine groups is 1. The van der Waals surface area contributed by atoms with Gasteiger partial charge in [0.25, 0.3) is 0 Å². The SMILES string of the molecule is CCNC(=NCC(C)N1CCc2ccccc2C1)NCCCOCC1CCCO1. The fraction of sp³-hybridized carbons (Fsp3) is 0.696. The molecule has 1 aromatic rings. The molecule has 2 aliphatic heterocycles. The highest BCUT2D eigenvalue weighted by Gasteiger charge is 2.20. The van der Waals surface area contributed by atoms with Crippen LogP contribution in [-0.2, 0) is 22.4 Å². The van der Waals surface area contributed by atoms with Gasteiger partial charge in [-0.05, 0) is 50.7 Å². The third-order valence-electron chi connectivity index (χ3n) is 5.73. The van der Waals surface area contributed by atoms with Gasteiger partial charge in [-0.25, -0.2) is 0 Å². The second kappa shape index (κ2) is 12.2. The summed E-state index contributed by atoms with van der Waals surface area (Å²) in [5.74, 6) is 0.899. The molecule has 0 bridgehead atoms. The van der Waals surface area contributed by atoms with Crippen molar-refractivity contribution in [2.24, 2.45) is 4.99 Å². The van der Waals surface area contributed by atoms with Gasteiger partial charge in [-0.15, -0.1) is 0 Å². The molecule has 0 aliphatic carbocycles. The first-order valence-electron chi connectivity index (χ1n) is 11.3. The van der Waals surface area contributed by atoms with Gasteiger partial charge >= 0.3 is 0 Å². The van der Waals surface area contributed by atoms with Crippen LogP contribution in [0.25, 0.3) is 0 Å². The Hall–Kier alpha value is -1.63. The molecule has 1 fully saturated rings. The summed E-state index contributed by atoms with van der Waals surface area (Å²) in [5, 5.41) is 6.78. The molecule has 6 nitrogen and oxygen atoms in total. The summed E-state index contributed by atoms with van der Waals surface area (Å²) >= 11 is 0. The lowest BCUT2D eigenvalue weighted by atomic mass is 9.99. The number of nitrogens with zero attached hydrogens (tertiary/aromatic N) is 2. The molecule has 162 valence electrons. The van der Waals surface area contributed by atoms with Gasteiger partial charge in [0.1, 0.15) is 0 Å². The van der Waals surface area contributed by atoms with E-state index in [0.717, 1.165) is 77.8 Å². The second-order valence-electron chi connectivity index (χ2n) is 8.05. The number of hydrogen-bond donors (Lipinski definition) is 2. The van der Waals surface area contributed by atoms with Crippen LogP contribution in [0.2, 0.25) is 0 Å². The predicted octanol–water partition coefficient (Wildman–Crippen LogP) is 2.57. The smallest absolute Gasteiger partial charge is 0.191 e. The van der Waals surface area contributed by atoms with Crippen LogP contribution in [0.5, 0.6) is 0 Å². The van der Waals surface area contributed by atoms with Gasteiger partial charge in [-0.3, -0.25) is 9.89 Å². The van der Waals surface area contributed by atoms with Gasteiger partial charge in [0.15, 0.2) is 5.96 Å². The summed E-state index contributed by atoms with van der Waals surface area (Å²) in [6.45, 7) is 11.4. The predicted molar refractivity (Wildman–Crippen MR) is 118 cm³/mol. The number of fused-ring (bicyclic) bond motifs is 1. The van der Waals surface area contributed by atoms with E-state index in [0.29, 0.717) is 12.1 Å². The molecule has 29 heavy (non-hydrogen) atoms. The summed E-state index contributed by atoms with van der Waals surface area (Å²) < 4.78 is 11.3. The number of ether oxygens (including phenoxy) is 2. The highest BCUT2D eigenvalue weighted by atomic mass is 16.5. The van der Waals surface area contributed by atoms with Gasteiger partial charge in [0, 0.05) is 45.4 Å². The van der Waals surface area contributed by atoms with Crippen molar-refractivity contribution in [2.75, 3.05) is 46.0 Å². The summed E-state index contributed by atoms with van der Waals surface area (Å²) in [6.07, 6.45) is 4.71. The Morgan fingerprint density at radius 2 is 2.17 bits per heavy atom. The summed E-state index contributed by atoms with van der Waals surface area (Å²) in [6, 6.07) is 9.22. The summed E-state index contributed by atoms with van der Waals surface area (Å²) in [7, 11) is 0. The van der Waals surface area contributed by atoms with Crippen LogP contribution in [0.4, 0.5) is 0 Å². The minimum Gasteiger partial charge on any atom is -0.379 e. The fourth-order valence-corrected chi connectivity index (χ4v) is 3.95. The molecular formula is C23H38N4O2. The highest BCUT2D eigenvalue weighted by molar-refractivity contribution is 5.79. The molecule has 0 amide bonds. The zero-order chi connectivity index (χ0) is 20.3. The highest BCUT2D eigenvalue weighted by Crippen LogP contribution is 2.20. The minimum atomic E-state index is 0.310.